The number of aryl methyl sites for hydroxylation is 2. The van der Waals surface area contributed by atoms with Crippen LogP contribution >= 0.6 is 11.6 Å². The van der Waals surface area contributed by atoms with Crippen molar-refractivity contribution in [2.24, 2.45) is 5.73 Å². The van der Waals surface area contributed by atoms with E-state index in [1.165, 1.54) is 0 Å². The summed E-state index contributed by atoms with van der Waals surface area (Å²) < 4.78 is 0. The van der Waals surface area contributed by atoms with Crippen LogP contribution in [0.1, 0.15) is 66.4 Å². The monoisotopic (exact) mass is 430 g/mol. The first-order chi connectivity index (χ1) is 14.3. The summed E-state index contributed by atoms with van der Waals surface area (Å²) in [6, 6.07) is 5.70. The second-order valence-corrected chi connectivity index (χ2v) is 7.55. The van der Waals surface area contributed by atoms with Crippen molar-refractivity contribution in [1.82, 2.24) is 14.9 Å². The van der Waals surface area contributed by atoms with Crippen LogP contribution in [0.3, 0.4) is 0 Å². The highest BCUT2D eigenvalue weighted by Gasteiger charge is 2.24. The maximum absolute atomic E-state index is 12.8. The number of benzene rings is 1. The maximum atomic E-state index is 12.8. The molecule has 6 heteroatoms. The molecule has 2 aromatic rings. The van der Waals surface area contributed by atoms with E-state index in [1.807, 2.05) is 70.7 Å². The van der Waals surface area contributed by atoms with Gasteiger partial charge in [0.15, 0.2) is 0 Å². The van der Waals surface area contributed by atoms with Gasteiger partial charge < -0.3 is 15.6 Å². The fourth-order valence-corrected chi connectivity index (χ4v) is 3.06. The number of halogens is 1. The highest BCUT2D eigenvalue weighted by molar-refractivity contribution is 6.29. The zero-order chi connectivity index (χ0) is 22.8. The van der Waals surface area contributed by atoms with E-state index in [4.69, 9.17) is 17.3 Å². The number of amides is 1. The lowest BCUT2D eigenvalue weighted by Gasteiger charge is -2.21. The highest BCUT2D eigenvalue weighted by atomic mass is 35.5. The number of nitrogens with one attached hydrogen (secondary N) is 1. The third-order valence-electron chi connectivity index (χ3n) is 4.74. The number of hydrogen-bond acceptors (Lipinski definition) is 3. The Hall–Kier alpha value is -2.37. The first-order valence-corrected chi connectivity index (χ1v) is 10.8. The summed E-state index contributed by atoms with van der Waals surface area (Å²) in [5.41, 5.74) is 11.4. The van der Waals surface area contributed by atoms with E-state index >= 15 is 0 Å². The number of H-pyrrole nitrogens is 1. The number of rotatable bonds is 2. The van der Waals surface area contributed by atoms with Crippen LogP contribution in [0.15, 0.2) is 35.9 Å². The van der Waals surface area contributed by atoms with E-state index in [0.717, 1.165) is 45.4 Å². The van der Waals surface area contributed by atoms with Crippen LogP contribution in [0, 0.1) is 13.8 Å². The molecule has 1 amide bonds. The first-order valence-electron chi connectivity index (χ1n) is 10.4. The largest absolute Gasteiger partial charge is 0.346 e. The van der Waals surface area contributed by atoms with E-state index in [0.29, 0.717) is 25.2 Å². The summed E-state index contributed by atoms with van der Waals surface area (Å²) >= 11 is 5.32. The summed E-state index contributed by atoms with van der Waals surface area (Å²) in [4.78, 5) is 22.4. The molecule has 1 aromatic heterocycles. The van der Waals surface area contributed by atoms with Crippen LogP contribution < -0.4 is 5.73 Å². The van der Waals surface area contributed by atoms with Crippen molar-refractivity contribution in [2.45, 2.75) is 54.5 Å². The van der Waals surface area contributed by atoms with Crippen LogP contribution in [0.5, 0.6) is 0 Å². The number of carbonyl (C=O) groups excluding carboxylic acids is 1. The number of nitrogens with zero attached hydrogens (tertiary/aromatic N) is 2. The van der Waals surface area contributed by atoms with Gasteiger partial charge in [-0.25, -0.2) is 4.98 Å². The molecule has 164 valence electrons. The van der Waals surface area contributed by atoms with Gasteiger partial charge in [-0.2, -0.15) is 0 Å². The zero-order valence-corrected chi connectivity index (χ0v) is 19.9. The lowest BCUT2D eigenvalue weighted by atomic mass is 10.0. The maximum Gasteiger partial charge on any atom is 0.254 e. The minimum Gasteiger partial charge on any atom is -0.346 e. The molecule has 1 aliphatic rings. The van der Waals surface area contributed by atoms with Crippen molar-refractivity contribution in [3.8, 4) is 0 Å². The van der Waals surface area contributed by atoms with Crippen LogP contribution in [0.2, 0.25) is 0 Å². The van der Waals surface area contributed by atoms with Crippen LogP contribution in [0.25, 0.3) is 5.57 Å². The number of aromatic amines is 1. The van der Waals surface area contributed by atoms with Crippen LogP contribution in [-0.4, -0.2) is 33.9 Å². The van der Waals surface area contributed by atoms with Gasteiger partial charge in [0.1, 0.15) is 5.82 Å². The van der Waals surface area contributed by atoms with E-state index in [1.54, 1.807) is 0 Å². The Morgan fingerprint density at radius 1 is 1.37 bits per heavy atom. The molecule has 0 atom stereocenters. The molecular formula is C24H35ClN4O. The minimum absolute atomic E-state index is 0.0275. The Kier molecular flexibility index (Phi) is 10.6. The fraction of sp³-hybridized carbons (Fsp3) is 0.417. The number of hydrogen-bond donors (Lipinski definition) is 2. The molecular weight excluding hydrogens is 396 g/mol. The van der Waals surface area contributed by atoms with Crippen molar-refractivity contribution < 1.29 is 4.79 Å². The van der Waals surface area contributed by atoms with E-state index in [9.17, 15) is 4.79 Å². The summed E-state index contributed by atoms with van der Waals surface area (Å²) in [5.74, 6) is 0.920. The Morgan fingerprint density at radius 2 is 2.00 bits per heavy atom. The molecule has 0 aliphatic carbocycles. The van der Waals surface area contributed by atoms with E-state index in [-0.39, 0.29) is 5.91 Å². The standard InChI is InChI=1S/C18H22N4O.C4H7Cl.C2H6/c1-11-8-14(4-5-15(11)9-19)18(23)22-7-6-16-17(12(2)10-22)21-13(3)20-16;1-3-4(2)5;1-2/h4-5,8H,2,6-7,9-10,19H2,1,3H3,(H,20,21);3H,1-2H3;1-2H3/b;4-3+;. The molecule has 30 heavy (non-hydrogen) atoms. The Morgan fingerprint density at radius 3 is 2.53 bits per heavy atom. The average molecular weight is 431 g/mol. The molecule has 3 N–H and O–H groups in total. The number of carbonyl (C=O) groups is 1. The predicted molar refractivity (Wildman–Crippen MR) is 128 cm³/mol. The van der Waals surface area contributed by atoms with Crippen molar-refractivity contribution in [3.63, 3.8) is 0 Å². The van der Waals surface area contributed by atoms with Gasteiger partial charge in [0, 0.05) is 42.3 Å². The topological polar surface area (TPSA) is 75.0 Å². The second-order valence-electron chi connectivity index (χ2n) is 6.95. The minimum atomic E-state index is 0.0275. The third kappa shape index (κ3) is 6.85. The molecule has 0 saturated carbocycles. The van der Waals surface area contributed by atoms with Gasteiger partial charge in [-0.05, 0) is 56.5 Å². The Bertz CT molecular complexity index is 895. The first kappa shape index (κ1) is 25.7. The SMILES string of the molecule is C/C=C(\C)Cl.C=C1CN(C(=O)c2ccc(CN)c(C)c2)CCc2[nH]c(C)nc21.CC. The zero-order valence-electron chi connectivity index (χ0n) is 19.1. The lowest BCUT2D eigenvalue weighted by molar-refractivity contribution is 0.0780. The van der Waals surface area contributed by atoms with Gasteiger partial charge in [0.05, 0.1) is 5.69 Å². The molecule has 1 aromatic carbocycles. The molecule has 0 radical (unpaired) electrons. The predicted octanol–water partition coefficient (Wildman–Crippen LogP) is 5.37. The van der Waals surface area contributed by atoms with Crippen molar-refractivity contribution in [3.05, 3.63) is 69.8 Å². The molecule has 0 fully saturated rings. The molecule has 0 spiro atoms. The van der Waals surface area contributed by atoms with Gasteiger partial charge in [-0.1, -0.05) is 44.2 Å². The van der Waals surface area contributed by atoms with Crippen LogP contribution in [0.4, 0.5) is 0 Å². The number of nitrogens with two attached hydrogens (primary N) is 1. The van der Waals surface area contributed by atoms with Crippen LogP contribution in [-0.2, 0) is 13.0 Å². The van der Waals surface area contributed by atoms with Gasteiger partial charge in [0.25, 0.3) is 5.91 Å². The highest BCUT2D eigenvalue weighted by Crippen LogP contribution is 2.23. The van der Waals surface area contributed by atoms with Crippen molar-refractivity contribution in [2.75, 3.05) is 13.1 Å². The Balaban J connectivity index is 0.000000565. The molecule has 2 heterocycles. The van der Waals surface area contributed by atoms with Gasteiger partial charge in [0.2, 0.25) is 0 Å². The third-order valence-corrected chi connectivity index (χ3v) is 4.96. The second kappa shape index (κ2) is 12.4. The van der Waals surface area contributed by atoms with Crippen molar-refractivity contribution >= 4 is 23.1 Å². The summed E-state index contributed by atoms with van der Waals surface area (Å²) in [5, 5.41) is 0.852. The number of aromatic nitrogens is 2. The normalized spacial score (nSPS) is 13.4. The van der Waals surface area contributed by atoms with E-state index in [2.05, 4.69) is 16.5 Å². The summed E-state index contributed by atoms with van der Waals surface area (Å²) in [6.45, 7) is 17.4. The lowest BCUT2D eigenvalue weighted by Crippen LogP contribution is -2.33. The molecule has 1 aliphatic heterocycles. The molecule has 3 rings (SSSR count). The Labute approximate surface area is 186 Å². The molecule has 0 bridgehead atoms. The number of fused-ring (bicyclic) bond motifs is 1. The molecule has 0 unspecified atom stereocenters. The summed E-state index contributed by atoms with van der Waals surface area (Å²) in [7, 11) is 0. The number of imidazole rings is 1. The van der Waals surface area contributed by atoms with E-state index < -0.39 is 0 Å². The van der Waals surface area contributed by atoms with Gasteiger partial charge in [-0.3, -0.25) is 4.79 Å². The summed E-state index contributed by atoms with van der Waals surface area (Å²) in [6.07, 6.45) is 2.61. The molecule has 0 saturated heterocycles. The van der Waals surface area contributed by atoms with Gasteiger partial charge >= 0.3 is 0 Å². The average Bonchev–Trinajstić information content (AvgIpc) is 3.05. The quantitative estimate of drug-likeness (QED) is 0.672. The van der Waals surface area contributed by atoms with Crippen molar-refractivity contribution in [1.29, 1.82) is 0 Å². The fourth-order valence-electron chi connectivity index (χ4n) is 3.06. The number of allylic oxidation sites excluding steroid dienone is 2. The smallest absolute Gasteiger partial charge is 0.254 e. The molecule has 5 nitrogen and oxygen atoms in total. The van der Waals surface area contributed by atoms with Gasteiger partial charge in [-0.15, -0.1) is 0 Å².